The van der Waals surface area contributed by atoms with E-state index in [1.54, 1.807) is 14.0 Å². The molecule has 1 amide bonds. The fourth-order valence-electron chi connectivity index (χ4n) is 1.74. The Morgan fingerprint density at radius 3 is 2.55 bits per heavy atom. The number of halogens is 2. The number of thioether (sulfide) groups is 1. The fourth-order valence-corrected chi connectivity index (χ4v) is 2.82. The SMILES string of the molecule is COc1ccc(S[C@H](C)C(=O)Nc2ccc(F)cc2Cl)cc1. The molecule has 1 N–H and O–H groups in total. The maximum absolute atomic E-state index is 13.0. The third kappa shape index (κ3) is 4.39. The minimum absolute atomic E-state index is 0.176. The Morgan fingerprint density at radius 2 is 1.95 bits per heavy atom. The number of carbonyl (C=O) groups excluding carboxylic acids is 1. The van der Waals surface area contributed by atoms with E-state index in [0.29, 0.717) is 5.69 Å². The second-order valence-electron chi connectivity index (χ2n) is 4.55. The molecule has 0 bridgehead atoms. The van der Waals surface area contributed by atoms with Crippen LogP contribution in [0.25, 0.3) is 0 Å². The Kier molecular flexibility index (Phi) is 5.69. The molecule has 22 heavy (non-hydrogen) atoms. The van der Waals surface area contributed by atoms with Crippen molar-refractivity contribution in [2.45, 2.75) is 17.1 Å². The van der Waals surface area contributed by atoms with Crippen LogP contribution in [-0.2, 0) is 4.79 Å². The van der Waals surface area contributed by atoms with Gasteiger partial charge in [-0.2, -0.15) is 0 Å². The van der Waals surface area contributed by atoms with Crippen molar-refractivity contribution in [1.82, 2.24) is 0 Å². The molecule has 0 unspecified atom stereocenters. The Morgan fingerprint density at radius 1 is 1.27 bits per heavy atom. The van der Waals surface area contributed by atoms with E-state index in [1.165, 1.54) is 30.0 Å². The zero-order chi connectivity index (χ0) is 16.1. The van der Waals surface area contributed by atoms with E-state index in [1.807, 2.05) is 24.3 Å². The molecule has 0 spiro atoms. The van der Waals surface area contributed by atoms with Gasteiger partial charge in [0.2, 0.25) is 5.91 Å². The molecular formula is C16H15ClFNO2S. The summed E-state index contributed by atoms with van der Waals surface area (Å²) in [6, 6.07) is 11.3. The van der Waals surface area contributed by atoms with Gasteiger partial charge < -0.3 is 10.1 Å². The van der Waals surface area contributed by atoms with Gasteiger partial charge >= 0.3 is 0 Å². The number of benzene rings is 2. The second-order valence-corrected chi connectivity index (χ2v) is 6.37. The zero-order valence-electron chi connectivity index (χ0n) is 12.1. The molecule has 6 heteroatoms. The quantitative estimate of drug-likeness (QED) is 0.808. The molecule has 116 valence electrons. The molecule has 1 atom stereocenters. The highest BCUT2D eigenvalue weighted by Gasteiger charge is 2.16. The fraction of sp³-hybridized carbons (Fsp3) is 0.188. The van der Waals surface area contributed by atoms with Crippen molar-refractivity contribution in [3.8, 4) is 5.75 Å². The summed E-state index contributed by atoms with van der Waals surface area (Å²) in [7, 11) is 1.60. The molecule has 2 aromatic carbocycles. The predicted molar refractivity (Wildman–Crippen MR) is 88.4 cm³/mol. The summed E-state index contributed by atoms with van der Waals surface area (Å²) in [6.45, 7) is 1.79. The van der Waals surface area contributed by atoms with E-state index in [9.17, 15) is 9.18 Å². The molecule has 0 aromatic heterocycles. The molecule has 0 saturated heterocycles. The minimum atomic E-state index is -0.441. The normalized spacial score (nSPS) is 11.8. The maximum atomic E-state index is 13.0. The van der Waals surface area contributed by atoms with E-state index in [0.717, 1.165) is 10.6 Å². The highest BCUT2D eigenvalue weighted by atomic mass is 35.5. The van der Waals surface area contributed by atoms with Gasteiger partial charge in [-0.05, 0) is 49.4 Å². The summed E-state index contributed by atoms with van der Waals surface area (Å²) < 4.78 is 18.1. The van der Waals surface area contributed by atoms with E-state index in [-0.39, 0.29) is 16.2 Å². The van der Waals surface area contributed by atoms with Crippen molar-refractivity contribution < 1.29 is 13.9 Å². The van der Waals surface area contributed by atoms with Crippen LogP contribution in [0.3, 0.4) is 0 Å². The van der Waals surface area contributed by atoms with Crippen LogP contribution in [0.15, 0.2) is 47.4 Å². The van der Waals surface area contributed by atoms with Crippen molar-refractivity contribution in [1.29, 1.82) is 0 Å². The highest BCUT2D eigenvalue weighted by Crippen LogP contribution is 2.27. The predicted octanol–water partition coefficient (Wildman–Crippen LogP) is 4.61. The molecule has 0 saturated carbocycles. The van der Waals surface area contributed by atoms with Gasteiger partial charge in [0.1, 0.15) is 11.6 Å². The lowest BCUT2D eigenvalue weighted by Crippen LogP contribution is -2.22. The lowest BCUT2D eigenvalue weighted by molar-refractivity contribution is -0.115. The van der Waals surface area contributed by atoms with Crippen LogP contribution in [0.1, 0.15) is 6.92 Å². The monoisotopic (exact) mass is 339 g/mol. The third-order valence-corrected chi connectivity index (χ3v) is 4.36. The molecule has 0 heterocycles. The molecule has 2 rings (SSSR count). The zero-order valence-corrected chi connectivity index (χ0v) is 13.7. The standard InChI is InChI=1S/C16H15ClFNO2S/c1-10(22-13-6-4-12(21-2)5-7-13)16(20)19-15-8-3-11(18)9-14(15)17/h3-10H,1-2H3,(H,19,20)/t10-/m1/s1. The van der Waals surface area contributed by atoms with Crippen molar-refractivity contribution in [3.05, 3.63) is 53.3 Å². The maximum Gasteiger partial charge on any atom is 0.237 e. The molecule has 0 fully saturated rings. The number of rotatable bonds is 5. The van der Waals surface area contributed by atoms with Gasteiger partial charge in [0.25, 0.3) is 0 Å². The van der Waals surface area contributed by atoms with E-state index in [4.69, 9.17) is 16.3 Å². The lowest BCUT2D eigenvalue weighted by atomic mass is 10.3. The van der Waals surface area contributed by atoms with E-state index < -0.39 is 5.82 Å². The Hall–Kier alpha value is -1.72. The Labute approximate surface area is 137 Å². The van der Waals surface area contributed by atoms with Crippen LogP contribution < -0.4 is 10.1 Å². The third-order valence-electron chi connectivity index (χ3n) is 2.93. The number of hydrogen-bond donors (Lipinski definition) is 1. The first kappa shape index (κ1) is 16.6. The highest BCUT2D eigenvalue weighted by molar-refractivity contribution is 8.00. The van der Waals surface area contributed by atoms with Crippen molar-refractivity contribution in [3.63, 3.8) is 0 Å². The smallest absolute Gasteiger partial charge is 0.237 e. The molecule has 2 aromatic rings. The summed E-state index contributed by atoms with van der Waals surface area (Å²) in [5, 5.41) is 2.55. The van der Waals surface area contributed by atoms with Crippen molar-refractivity contribution >= 4 is 35.0 Å². The van der Waals surface area contributed by atoms with Crippen molar-refractivity contribution in [2.75, 3.05) is 12.4 Å². The Bertz CT molecular complexity index is 664. The van der Waals surface area contributed by atoms with Crippen molar-refractivity contribution in [2.24, 2.45) is 0 Å². The second kappa shape index (κ2) is 7.51. The number of carbonyl (C=O) groups is 1. The van der Waals surface area contributed by atoms with Crippen LogP contribution >= 0.6 is 23.4 Å². The summed E-state index contributed by atoms with van der Waals surface area (Å²) in [6.07, 6.45) is 0. The average Bonchev–Trinajstić information content (AvgIpc) is 2.50. The molecule has 0 aliphatic heterocycles. The van der Waals surface area contributed by atoms with Crippen LogP contribution in [-0.4, -0.2) is 18.3 Å². The van der Waals surface area contributed by atoms with E-state index >= 15 is 0 Å². The van der Waals surface area contributed by atoms with Gasteiger partial charge in [-0.3, -0.25) is 4.79 Å². The van der Waals surface area contributed by atoms with Gasteiger partial charge in [-0.1, -0.05) is 11.6 Å². The van der Waals surface area contributed by atoms with Gasteiger partial charge in [0, 0.05) is 4.90 Å². The van der Waals surface area contributed by atoms with E-state index in [2.05, 4.69) is 5.32 Å². The minimum Gasteiger partial charge on any atom is -0.497 e. The molecule has 0 aliphatic carbocycles. The molecular weight excluding hydrogens is 325 g/mol. The van der Waals surface area contributed by atoms with Gasteiger partial charge in [0.15, 0.2) is 0 Å². The van der Waals surface area contributed by atoms with Gasteiger partial charge in [0.05, 0.1) is 23.1 Å². The average molecular weight is 340 g/mol. The first-order chi connectivity index (χ1) is 10.5. The van der Waals surface area contributed by atoms with Crippen LogP contribution in [0.4, 0.5) is 10.1 Å². The molecule has 0 aliphatic rings. The summed E-state index contributed by atoms with van der Waals surface area (Å²) >= 11 is 7.31. The van der Waals surface area contributed by atoms with Crippen LogP contribution in [0.2, 0.25) is 5.02 Å². The number of methoxy groups -OCH3 is 1. The molecule has 3 nitrogen and oxygen atoms in total. The number of nitrogens with one attached hydrogen (secondary N) is 1. The molecule has 0 radical (unpaired) electrons. The number of hydrogen-bond acceptors (Lipinski definition) is 3. The summed E-state index contributed by atoms with van der Waals surface area (Å²) in [5.74, 6) is 0.123. The lowest BCUT2D eigenvalue weighted by Gasteiger charge is -2.13. The first-order valence-electron chi connectivity index (χ1n) is 6.56. The van der Waals surface area contributed by atoms with Gasteiger partial charge in [-0.15, -0.1) is 11.8 Å². The largest absolute Gasteiger partial charge is 0.497 e. The first-order valence-corrected chi connectivity index (χ1v) is 7.82. The topological polar surface area (TPSA) is 38.3 Å². The number of ether oxygens (including phenoxy) is 1. The van der Waals surface area contributed by atoms with Crippen LogP contribution in [0, 0.1) is 5.82 Å². The van der Waals surface area contributed by atoms with Crippen LogP contribution in [0.5, 0.6) is 5.75 Å². The summed E-state index contributed by atoms with van der Waals surface area (Å²) in [5.41, 5.74) is 0.398. The number of anilines is 1. The number of amides is 1. The Balaban J connectivity index is 1.99. The van der Waals surface area contributed by atoms with Gasteiger partial charge in [-0.25, -0.2) is 4.39 Å². The summed E-state index contributed by atoms with van der Waals surface area (Å²) in [4.78, 5) is 13.1.